The summed E-state index contributed by atoms with van der Waals surface area (Å²) in [5, 5.41) is 9.64. The molecule has 2 unspecified atom stereocenters. The van der Waals surface area contributed by atoms with E-state index in [1.807, 2.05) is 24.0 Å². The number of carbonyl (C=O) groups is 1. The number of rotatable bonds is 3. The second-order valence-corrected chi connectivity index (χ2v) is 5.03. The van der Waals surface area contributed by atoms with Crippen molar-refractivity contribution in [1.82, 2.24) is 9.88 Å². The van der Waals surface area contributed by atoms with Crippen molar-refractivity contribution < 1.29 is 9.90 Å². The molecule has 1 aromatic rings. The number of pyridine rings is 1. The molecule has 0 spiro atoms. The van der Waals surface area contributed by atoms with E-state index in [-0.39, 0.29) is 17.9 Å². The first kappa shape index (κ1) is 13.0. The second kappa shape index (κ2) is 5.96. The number of hydrogen-bond acceptors (Lipinski definition) is 3. The van der Waals surface area contributed by atoms with Crippen LogP contribution in [0.1, 0.15) is 25.3 Å². The Hall–Kier alpha value is -1.42. The quantitative estimate of drug-likeness (QED) is 0.875. The zero-order valence-electron chi connectivity index (χ0n) is 10.7. The lowest BCUT2D eigenvalue weighted by Gasteiger charge is -2.34. The lowest BCUT2D eigenvalue weighted by molar-refractivity contribution is -0.134. The SMILES string of the molecule is CC1CN(C(=O)CCc2cccnc2)CCC1O. The standard InChI is InChI=1S/C14H20N2O2/c1-11-10-16(8-6-13(11)17)14(18)5-4-12-3-2-7-15-9-12/h2-3,7,9,11,13,17H,4-6,8,10H2,1H3. The Morgan fingerprint density at radius 2 is 2.44 bits per heavy atom. The van der Waals surface area contributed by atoms with Crippen molar-refractivity contribution in [2.24, 2.45) is 5.92 Å². The van der Waals surface area contributed by atoms with Gasteiger partial charge in [0.25, 0.3) is 0 Å². The minimum Gasteiger partial charge on any atom is -0.393 e. The molecule has 1 aromatic heterocycles. The van der Waals surface area contributed by atoms with Crippen molar-refractivity contribution in [3.8, 4) is 0 Å². The first-order chi connectivity index (χ1) is 8.66. The highest BCUT2D eigenvalue weighted by atomic mass is 16.3. The Balaban J connectivity index is 1.82. The minimum atomic E-state index is -0.257. The highest BCUT2D eigenvalue weighted by Gasteiger charge is 2.26. The predicted molar refractivity (Wildman–Crippen MR) is 68.9 cm³/mol. The first-order valence-corrected chi connectivity index (χ1v) is 6.51. The van der Waals surface area contributed by atoms with E-state index in [0.717, 1.165) is 12.0 Å². The summed E-state index contributed by atoms with van der Waals surface area (Å²) in [4.78, 5) is 18.0. The molecular weight excluding hydrogens is 228 g/mol. The van der Waals surface area contributed by atoms with Gasteiger partial charge in [0.15, 0.2) is 0 Å². The Bertz CT molecular complexity index is 394. The van der Waals surface area contributed by atoms with Crippen LogP contribution < -0.4 is 0 Å². The topological polar surface area (TPSA) is 53.4 Å². The van der Waals surface area contributed by atoms with Crippen LogP contribution in [0.2, 0.25) is 0 Å². The monoisotopic (exact) mass is 248 g/mol. The highest BCUT2D eigenvalue weighted by Crippen LogP contribution is 2.17. The number of carbonyl (C=O) groups excluding carboxylic acids is 1. The molecule has 1 saturated heterocycles. The summed E-state index contributed by atoms with van der Waals surface area (Å²) < 4.78 is 0. The van der Waals surface area contributed by atoms with Crippen molar-refractivity contribution in [3.63, 3.8) is 0 Å². The molecule has 0 aromatic carbocycles. The van der Waals surface area contributed by atoms with E-state index < -0.39 is 0 Å². The zero-order valence-corrected chi connectivity index (χ0v) is 10.7. The average Bonchev–Trinajstić information content (AvgIpc) is 2.40. The maximum absolute atomic E-state index is 12.0. The fourth-order valence-electron chi connectivity index (χ4n) is 2.32. The molecule has 4 heteroatoms. The number of hydrogen-bond donors (Lipinski definition) is 1. The number of amides is 1. The van der Waals surface area contributed by atoms with Crippen LogP contribution in [0.4, 0.5) is 0 Å². The number of aliphatic hydroxyl groups is 1. The Morgan fingerprint density at radius 1 is 1.61 bits per heavy atom. The van der Waals surface area contributed by atoms with E-state index in [1.165, 1.54) is 0 Å². The maximum Gasteiger partial charge on any atom is 0.222 e. The van der Waals surface area contributed by atoms with E-state index in [9.17, 15) is 9.90 Å². The van der Waals surface area contributed by atoms with E-state index >= 15 is 0 Å². The number of aromatic nitrogens is 1. The molecule has 0 aliphatic carbocycles. The minimum absolute atomic E-state index is 0.178. The van der Waals surface area contributed by atoms with Gasteiger partial charge < -0.3 is 10.0 Å². The summed E-state index contributed by atoms with van der Waals surface area (Å²) in [6.45, 7) is 3.34. The number of nitrogens with zero attached hydrogens (tertiary/aromatic N) is 2. The number of piperidine rings is 1. The summed E-state index contributed by atoms with van der Waals surface area (Å²) in [7, 11) is 0. The largest absolute Gasteiger partial charge is 0.393 e. The maximum atomic E-state index is 12.0. The summed E-state index contributed by atoms with van der Waals surface area (Å²) in [5.41, 5.74) is 1.09. The average molecular weight is 248 g/mol. The van der Waals surface area contributed by atoms with Crippen LogP contribution in [0, 0.1) is 5.92 Å². The molecule has 0 radical (unpaired) electrons. The van der Waals surface area contributed by atoms with Gasteiger partial charge in [-0.1, -0.05) is 13.0 Å². The lowest BCUT2D eigenvalue weighted by atomic mass is 9.96. The lowest BCUT2D eigenvalue weighted by Crippen LogP contribution is -2.45. The molecule has 0 bridgehead atoms. The van der Waals surface area contributed by atoms with Crippen molar-refractivity contribution >= 4 is 5.91 Å². The molecule has 18 heavy (non-hydrogen) atoms. The molecule has 2 rings (SSSR count). The van der Waals surface area contributed by atoms with E-state index in [4.69, 9.17) is 0 Å². The van der Waals surface area contributed by atoms with Crippen LogP contribution in [0.15, 0.2) is 24.5 Å². The number of aliphatic hydroxyl groups excluding tert-OH is 1. The molecular formula is C14H20N2O2. The molecule has 1 amide bonds. The van der Waals surface area contributed by atoms with Gasteiger partial charge in [-0.15, -0.1) is 0 Å². The molecule has 1 aliphatic rings. The number of likely N-dealkylation sites (tertiary alicyclic amines) is 1. The molecule has 2 atom stereocenters. The summed E-state index contributed by atoms with van der Waals surface area (Å²) in [6, 6.07) is 3.88. The van der Waals surface area contributed by atoms with Crippen molar-refractivity contribution in [2.75, 3.05) is 13.1 Å². The van der Waals surface area contributed by atoms with Gasteiger partial charge in [-0.05, 0) is 30.4 Å². The third-order valence-corrected chi connectivity index (χ3v) is 3.56. The second-order valence-electron chi connectivity index (χ2n) is 5.03. The molecule has 1 fully saturated rings. The molecule has 0 saturated carbocycles. The van der Waals surface area contributed by atoms with Crippen LogP contribution in [-0.4, -0.2) is 40.1 Å². The Labute approximate surface area is 108 Å². The smallest absolute Gasteiger partial charge is 0.222 e. The highest BCUT2D eigenvalue weighted by molar-refractivity contribution is 5.76. The molecule has 2 heterocycles. The molecule has 98 valence electrons. The van der Waals surface area contributed by atoms with Crippen LogP contribution in [0.3, 0.4) is 0 Å². The predicted octanol–water partition coefficient (Wildman–Crippen LogP) is 1.24. The molecule has 1 aliphatic heterocycles. The van der Waals surface area contributed by atoms with Crippen molar-refractivity contribution in [1.29, 1.82) is 0 Å². The summed E-state index contributed by atoms with van der Waals surface area (Å²) in [6.07, 6.45) is 5.23. The number of aryl methyl sites for hydroxylation is 1. The van der Waals surface area contributed by atoms with Gasteiger partial charge in [-0.3, -0.25) is 9.78 Å². The third-order valence-electron chi connectivity index (χ3n) is 3.56. The van der Waals surface area contributed by atoms with E-state index in [0.29, 0.717) is 25.9 Å². The van der Waals surface area contributed by atoms with Crippen LogP contribution in [0.25, 0.3) is 0 Å². The zero-order chi connectivity index (χ0) is 13.0. The van der Waals surface area contributed by atoms with Crippen molar-refractivity contribution in [2.45, 2.75) is 32.3 Å². The van der Waals surface area contributed by atoms with E-state index in [2.05, 4.69) is 4.98 Å². The van der Waals surface area contributed by atoms with Crippen LogP contribution in [0.5, 0.6) is 0 Å². The molecule has 1 N–H and O–H groups in total. The summed E-state index contributed by atoms with van der Waals surface area (Å²) >= 11 is 0. The Kier molecular flexibility index (Phi) is 4.31. The third kappa shape index (κ3) is 3.29. The fraction of sp³-hybridized carbons (Fsp3) is 0.571. The van der Waals surface area contributed by atoms with Crippen molar-refractivity contribution in [3.05, 3.63) is 30.1 Å². The van der Waals surface area contributed by atoms with Gasteiger partial charge in [0.2, 0.25) is 5.91 Å². The van der Waals surface area contributed by atoms with Crippen LogP contribution in [-0.2, 0) is 11.2 Å². The van der Waals surface area contributed by atoms with Crippen LogP contribution >= 0.6 is 0 Å². The van der Waals surface area contributed by atoms with Gasteiger partial charge >= 0.3 is 0 Å². The van der Waals surface area contributed by atoms with Gasteiger partial charge in [-0.2, -0.15) is 0 Å². The fourth-order valence-corrected chi connectivity index (χ4v) is 2.32. The van der Waals surface area contributed by atoms with E-state index in [1.54, 1.807) is 12.4 Å². The van der Waals surface area contributed by atoms with Gasteiger partial charge in [0, 0.05) is 31.9 Å². The van der Waals surface area contributed by atoms with Gasteiger partial charge in [-0.25, -0.2) is 0 Å². The van der Waals surface area contributed by atoms with Gasteiger partial charge in [0.1, 0.15) is 0 Å². The molecule has 4 nitrogen and oxygen atoms in total. The Morgan fingerprint density at radius 3 is 3.11 bits per heavy atom. The first-order valence-electron chi connectivity index (χ1n) is 6.51. The normalized spacial score (nSPS) is 24.0. The van der Waals surface area contributed by atoms with Gasteiger partial charge in [0.05, 0.1) is 6.10 Å². The summed E-state index contributed by atoms with van der Waals surface area (Å²) in [5.74, 6) is 0.360.